The Kier molecular flexibility index (Phi) is 6.08. The monoisotopic (exact) mass is 272 g/mol. The largest absolute Gasteiger partial charge is 0.480 e. The summed E-state index contributed by atoms with van der Waals surface area (Å²) in [6.45, 7) is 5.32. The molecule has 19 heavy (non-hydrogen) atoms. The fourth-order valence-electron chi connectivity index (χ4n) is 2.55. The molecule has 1 saturated heterocycles. The first kappa shape index (κ1) is 15.8. The molecular formula is C13H24N2O4. The van der Waals surface area contributed by atoms with Gasteiger partial charge in [0.05, 0.1) is 12.6 Å². The summed E-state index contributed by atoms with van der Waals surface area (Å²) in [6.07, 6.45) is 2.27. The highest BCUT2D eigenvalue weighted by molar-refractivity contribution is 5.83. The molecule has 0 bridgehead atoms. The summed E-state index contributed by atoms with van der Waals surface area (Å²) >= 11 is 0. The third kappa shape index (κ3) is 3.83. The van der Waals surface area contributed by atoms with Gasteiger partial charge < -0.3 is 19.6 Å². The Hall–Kier alpha value is -1.30. The number of nitrogens with zero attached hydrogens (tertiary/aromatic N) is 2. The maximum absolute atomic E-state index is 12.5. The number of likely N-dealkylation sites (N-methyl/N-ethyl adjacent to an activating group) is 1. The molecular weight excluding hydrogens is 248 g/mol. The first-order chi connectivity index (χ1) is 9.02. The number of amides is 2. The number of aliphatic carboxylic acids is 1. The summed E-state index contributed by atoms with van der Waals surface area (Å²) in [6, 6.07) is -0.942. The average molecular weight is 272 g/mol. The zero-order valence-corrected chi connectivity index (χ0v) is 12.0. The number of carbonyl (C=O) groups is 2. The van der Waals surface area contributed by atoms with E-state index in [1.54, 1.807) is 12.0 Å². The van der Waals surface area contributed by atoms with Crippen molar-refractivity contribution < 1.29 is 19.4 Å². The van der Waals surface area contributed by atoms with E-state index in [0.29, 0.717) is 26.1 Å². The van der Waals surface area contributed by atoms with Gasteiger partial charge in [-0.15, -0.1) is 0 Å². The van der Waals surface area contributed by atoms with Gasteiger partial charge in [0.15, 0.2) is 0 Å². The Morgan fingerprint density at radius 3 is 2.68 bits per heavy atom. The molecule has 6 nitrogen and oxygen atoms in total. The molecule has 0 spiro atoms. The number of likely N-dealkylation sites (tertiary alicyclic amines) is 1. The second-order valence-electron chi connectivity index (χ2n) is 4.92. The molecule has 2 unspecified atom stereocenters. The lowest BCUT2D eigenvalue weighted by Crippen LogP contribution is -2.55. The lowest BCUT2D eigenvalue weighted by molar-refractivity contribution is -0.143. The van der Waals surface area contributed by atoms with E-state index in [2.05, 4.69) is 0 Å². The quantitative estimate of drug-likeness (QED) is 0.821. The number of rotatable bonds is 5. The lowest BCUT2D eigenvalue weighted by Gasteiger charge is -2.38. The number of carbonyl (C=O) groups excluding carboxylic acids is 1. The molecule has 1 aliphatic heterocycles. The van der Waals surface area contributed by atoms with Gasteiger partial charge in [-0.25, -0.2) is 9.59 Å². The highest BCUT2D eigenvalue weighted by Gasteiger charge is 2.35. The first-order valence-corrected chi connectivity index (χ1v) is 6.81. The van der Waals surface area contributed by atoms with Crippen molar-refractivity contribution in [3.63, 3.8) is 0 Å². The van der Waals surface area contributed by atoms with Crippen LogP contribution in [0.3, 0.4) is 0 Å². The minimum Gasteiger partial charge on any atom is -0.480 e. The van der Waals surface area contributed by atoms with Gasteiger partial charge in [-0.3, -0.25) is 0 Å². The number of piperidine rings is 1. The summed E-state index contributed by atoms with van der Waals surface area (Å²) in [7, 11) is 1.59. The molecule has 110 valence electrons. The van der Waals surface area contributed by atoms with Crippen molar-refractivity contribution in [1.82, 2.24) is 9.80 Å². The third-order valence-electron chi connectivity index (χ3n) is 3.56. The highest BCUT2D eigenvalue weighted by atomic mass is 16.5. The molecule has 6 heteroatoms. The molecule has 0 aromatic heterocycles. The maximum atomic E-state index is 12.5. The van der Waals surface area contributed by atoms with E-state index in [-0.39, 0.29) is 12.1 Å². The van der Waals surface area contributed by atoms with Crippen LogP contribution < -0.4 is 0 Å². The lowest BCUT2D eigenvalue weighted by atomic mass is 10.0. The van der Waals surface area contributed by atoms with E-state index in [9.17, 15) is 14.7 Å². The minimum atomic E-state index is -0.913. The van der Waals surface area contributed by atoms with Gasteiger partial charge >= 0.3 is 12.0 Å². The van der Waals surface area contributed by atoms with Crippen molar-refractivity contribution >= 4 is 12.0 Å². The average Bonchev–Trinajstić information content (AvgIpc) is 2.39. The van der Waals surface area contributed by atoms with Crippen LogP contribution in [0.4, 0.5) is 4.79 Å². The molecule has 0 aromatic rings. The summed E-state index contributed by atoms with van der Waals surface area (Å²) < 4.78 is 5.07. The van der Waals surface area contributed by atoms with Crippen LogP contribution in [-0.2, 0) is 9.53 Å². The third-order valence-corrected chi connectivity index (χ3v) is 3.56. The molecule has 2 atom stereocenters. The zero-order valence-electron chi connectivity index (χ0n) is 12.0. The summed E-state index contributed by atoms with van der Waals surface area (Å²) in [5.41, 5.74) is 0. The number of ether oxygens (including phenoxy) is 1. The minimum absolute atomic E-state index is 0.0566. The normalized spacial score (nSPS) is 21.0. The van der Waals surface area contributed by atoms with Crippen molar-refractivity contribution in [1.29, 1.82) is 0 Å². The highest BCUT2D eigenvalue weighted by Crippen LogP contribution is 2.20. The van der Waals surface area contributed by atoms with E-state index in [1.165, 1.54) is 4.90 Å². The Labute approximate surface area is 114 Å². The van der Waals surface area contributed by atoms with Gasteiger partial charge in [-0.2, -0.15) is 0 Å². The second-order valence-corrected chi connectivity index (χ2v) is 4.92. The number of methoxy groups -OCH3 is 1. The predicted octanol–water partition coefficient (Wildman–Crippen LogP) is 1.40. The molecule has 0 aliphatic carbocycles. The van der Waals surface area contributed by atoms with Crippen LogP contribution in [0.2, 0.25) is 0 Å². The van der Waals surface area contributed by atoms with Crippen LogP contribution in [0.15, 0.2) is 0 Å². The van der Waals surface area contributed by atoms with Gasteiger partial charge in [-0.05, 0) is 33.1 Å². The Morgan fingerprint density at radius 1 is 1.47 bits per heavy atom. The van der Waals surface area contributed by atoms with Crippen LogP contribution >= 0.6 is 0 Å². The Bertz CT molecular complexity index is 322. The molecule has 1 N–H and O–H groups in total. The standard InChI is InChI=1S/C13H24N2O4/c1-4-14(10(2)9-19-3)13(18)15-8-6-5-7-11(15)12(16)17/h10-11H,4-9H2,1-3H3,(H,16,17). The van der Waals surface area contributed by atoms with Crippen molar-refractivity contribution in [2.75, 3.05) is 26.8 Å². The number of carboxylic acid groups (broad SMARTS) is 1. The number of carboxylic acids is 1. The summed E-state index contributed by atoms with van der Waals surface area (Å²) in [5.74, 6) is -0.913. The Balaban J connectivity index is 2.79. The van der Waals surface area contributed by atoms with Gasteiger partial charge in [0.2, 0.25) is 0 Å². The SMILES string of the molecule is CCN(C(=O)N1CCCCC1C(=O)O)C(C)COC. The van der Waals surface area contributed by atoms with E-state index >= 15 is 0 Å². The van der Waals surface area contributed by atoms with E-state index < -0.39 is 12.0 Å². The Morgan fingerprint density at radius 2 is 2.16 bits per heavy atom. The molecule has 2 amide bonds. The van der Waals surface area contributed by atoms with Crippen LogP contribution in [-0.4, -0.2) is 65.8 Å². The zero-order chi connectivity index (χ0) is 14.4. The molecule has 1 aliphatic rings. The van der Waals surface area contributed by atoms with Crippen LogP contribution in [0.5, 0.6) is 0 Å². The molecule has 0 radical (unpaired) electrons. The van der Waals surface area contributed by atoms with Gasteiger partial charge in [0, 0.05) is 20.2 Å². The number of urea groups is 1. The first-order valence-electron chi connectivity index (χ1n) is 6.81. The van der Waals surface area contributed by atoms with Crippen molar-refractivity contribution in [3.8, 4) is 0 Å². The predicted molar refractivity (Wildman–Crippen MR) is 71.1 cm³/mol. The molecule has 1 fully saturated rings. The summed E-state index contributed by atoms with van der Waals surface area (Å²) in [5, 5.41) is 9.22. The van der Waals surface area contributed by atoms with Crippen LogP contribution in [0, 0.1) is 0 Å². The van der Waals surface area contributed by atoms with Crippen LogP contribution in [0.25, 0.3) is 0 Å². The maximum Gasteiger partial charge on any atom is 0.326 e. The van der Waals surface area contributed by atoms with Crippen LogP contribution in [0.1, 0.15) is 33.1 Å². The smallest absolute Gasteiger partial charge is 0.326 e. The number of hydrogen-bond acceptors (Lipinski definition) is 3. The van der Waals surface area contributed by atoms with Crippen molar-refractivity contribution in [2.45, 2.75) is 45.2 Å². The van der Waals surface area contributed by atoms with E-state index in [0.717, 1.165) is 12.8 Å². The molecule has 0 saturated carbocycles. The van der Waals surface area contributed by atoms with Crippen molar-refractivity contribution in [2.24, 2.45) is 0 Å². The fourth-order valence-corrected chi connectivity index (χ4v) is 2.55. The topological polar surface area (TPSA) is 70.1 Å². The molecule has 1 heterocycles. The van der Waals surface area contributed by atoms with E-state index in [4.69, 9.17) is 4.74 Å². The molecule has 0 aromatic carbocycles. The van der Waals surface area contributed by atoms with Gasteiger partial charge in [0.1, 0.15) is 6.04 Å². The fraction of sp³-hybridized carbons (Fsp3) is 0.846. The second kappa shape index (κ2) is 7.33. The van der Waals surface area contributed by atoms with E-state index in [1.807, 2.05) is 13.8 Å². The van der Waals surface area contributed by atoms with Crippen molar-refractivity contribution in [3.05, 3.63) is 0 Å². The van der Waals surface area contributed by atoms with Gasteiger partial charge in [0.25, 0.3) is 0 Å². The molecule has 1 rings (SSSR count). The summed E-state index contributed by atoms with van der Waals surface area (Å²) in [4.78, 5) is 26.9. The number of hydrogen-bond donors (Lipinski definition) is 1. The van der Waals surface area contributed by atoms with Gasteiger partial charge in [-0.1, -0.05) is 0 Å².